The highest BCUT2D eigenvalue weighted by atomic mass is 16.5. The monoisotopic (exact) mass is 182 g/mol. The first kappa shape index (κ1) is 9.51. The molecule has 0 amide bonds. The van der Waals surface area contributed by atoms with Crippen LogP contribution in [0.2, 0.25) is 0 Å². The Morgan fingerprint density at radius 1 is 1.00 bits per heavy atom. The van der Waals surface area contributed by atoms with Gasteiger partial charge in [0.15, 0.2) is 0 Å². The van der Waals surface area contributed by atoms with E-state index in [-0.39, 0.29) is 0 Å². The van der Waals surface area contributed by atoms with E-state index >= 15 is 0 Å². The van der Waals surface area contributed by atoms with Crippen LogP contribution in [0.25, 0.3) is 0 Å². The average molecular weight is 182 g/mol. The third kappa shape index (κ3) is 1.76. The Hall–Kier alpha value is -0.0400. The van der Waals surface area contributed by atoms with Gasteiger partial charge in [-0.05, 0) is 30.6 Å². The number of hydrogen-bond acceptors (Lipinski definition) is 1. The molecule has 0 heterocycles. The summed E-state index contributed by atoms with van der Waals surface area (Å²) >= 11 is 0. The van der Waals surface area contributed by atoms with Gasteiger partial charge in [-0.1, -0.05) is 32.6 Å². The van der Waals surface area contributed by atoms with Crippen molar-refractivity contribution in [3.05, 3.63) is 0 Å². The van der Waals surface area contributed by atoms with Gasteiger partial charge in [-0.25, -0.2) is 0 Å². The lowest BCUT2D eigenvalue weighted by molar-refractivity contribution is -0.0450. The number of ether oxygens (including phenoxy) is 1. The first-order chi connectivity index (χ1) is 6.33. The molecule has 2 saturated carbocycles. The SMILES string of the molecule is COC1CCCC2CCCC(C)C21. The van der Waals surface area contributed by atoms with Gasteiger partial charge in [0.1, 0.15) is 0 Å². The summed E-state index contributed by atoms with van der Waals surface area (Å²) in [5.41, 5.74) is 0. The summed E-state index contributed by atoms with van der Waals surface area (Å²) in [6.45, 7) is 2.42. The zero-order valence-corrected chi connectivity index (χ0v) is 8.96. The standard InChI is InChI=1S/C12H22O/c1-9-5-3-6-10-7-4-8-11(13-2)12(9)10/h9-12H,3-8H2,1-2H3. The van der Waals surface area contributed by atoms with Crippen molar-refractivity contribution >= 4 is 0 Å². The molecule has 0 aliphatic heterocycles. The predicted octanol–water partition coefficient (Wildman–Crippen LogP) is 3.24. The second kappa shape index (κ2) is 4.00. The van der Waals surface area contributed by atoms with Gasteiger partial charge in [-0.15, -0.1) is 0 Å². The van der Waals surface area contributed by atoms with Crippen LogP contribution in [0.3, 0.4) is 0 Å². The van der Waals surface area contributed by atoms with Crippen LogP contribution in [-0.2, 0) is 4.74 Å². The molecular formula is C12H22O. The van der Waals surface area contributed by atoms with Crippen LogP contribution >= 0.6 is 0 Å². The fourth-order valence-electron chi connectivity index (χ4n) is 3.61. The summed E-state index contributed by atoms with van der Waals surface area (Å²) in [4.78, 5) is 0. The van der Waals surface area contributed by atoms with Gasteiger partial charge in [-0.2, -0.15) is 0 Å². The third-order valence-electron chi connectivity index (χ3n) is 4.23. The fraction of sp³-hybridized carbons (Fsp3) is 1.00. The maximum Gasteiger partial charge on any atom is 0.0604 e. The molecular weight excluding hydrogens is 160 g/mol. The molecule has 0 aromatic rings. The first-order valence-electron chi connectivity index (χ1n) is 5.85. The molecule has 4 unspecified atom stereocenters. The molecule has 2 aliphatic carbocycles. The molecule has 1 nitrogen and oxygen atoms in total. The van der Waals surface area contributed by atoms with E-state index in [0.717, 1.165) is 17.8 Å². The highest BCUT2D eigenvalue weighted by Crippen LogP contribution is 2.44. The molecule has 0 N–H and O–H groups in total. The zero-order chi connectivity index (χ0) is 9.26. The van der Waals surface area contributed by atoms with E-state index in [1.54, 1.807) is 0 Å². The van der Waals surface area contributed by atoms with E-state index in [9.17, 15) is 0 Å². The summed E-state index contributed by atoms with van der Waals surface area (Å²) < 4.78 is 5.63. The van der Waals surface area contributed by atoms with E-state index in [2.05, 4.69) is 6.92 Å². The molecule has 0 aromatic carbocycles. The van der Waals surface area contributed by atoms with E-state index in [0.29, 0.717) is 6.10 Å². The molecule has 0 radical (unpaired) electrons. The predicted molar refractivity (Wildman–Crippen MR) is 54.6 cm³/mol. The van der Waals surface area contributed by atoms with Crippen LogP contribution in [0.15, 0.2) is 0 Å². The minimum atomic E-state index is 0.578. The van der Waals surface area contributed by atoms with Crippen molar-refractivity contribution in [3.8, 4) is 0 Å². The van der Waals surface area contributed by atoms with Crippen LogP contribution in [0.5, 0.6) is 0 Å². The van der Waals surface area contributed by atoms with Gasteiger partial charge >= 0.3 is 0 Å². The van der Waals surface area contributed by atoms with E-state index < -0.39 is 0 Å². The molecule has 0 bridgehead atoms. The van der Waals surface area contributed by atoms with Crippen LogP contribution < -0.4 is 0 Å². The maximum absolute atomic E-state index is 5.63. The number of rotatable bonds is 1. The minimum absolute atomic E-state index is 0.578. The van der Waals surface area contributed by atoms with Gasteiger partial charge in [-0.3, -0.25) is 0 Å². The molecule has 1 heteroatoms. The molecule has 2 aliphatic rings. The smallest absolute Gasteiger partial charge is 0.0604 e. The van der Waals surface area contributed by atoms with E-state index in [4.69, 9.17) is 4.74 Å². The van der Waals surface area contributed by atoms with Crippen LogP contribution in [0, 0.1) is 17.8 Å². The zero-order valence-electron chi connectivity index (χ0n) is 8.96. The molecule has 76 valence electrons. The van der Waals surface area contributed by atoms with Gasteiger partial charge in [0.25, 0.3) is 0 Å². The Bertz CT molecular complexity index is 158. The Morgan fingerprint density at radius 3 is 2.38 bits per heavy atom. The Balaban J connectivity index is 2.07. The van der Waals surface area contributed by atoms with Gasteiger partial charge in [0.05, 0.1) is 6.10 Å². The third-order valence-corrected chi connectivity index (χ3v) is 4.23. The van der Waals surface area contributed by atoms with Crippen molar-refractivity contribution in [1.29, 1.82) is 0 Å². The Morgan fingerprint density at radius 2 is 1.69 bits per heavy atom. The number of hydrogen-bond donors (Lipinski definition) is 0. The van der Waals surface area contributed by atoms with Crippen molar-refractivity contribution in [3.63, 3.8) is 0 Å². The van der Waals surface area contributed by atoms with Crippen molar-refractivity contribution in [1.82, 2.24) is 0 Å². The highest BCUT2D eigenvalue weighted by molar-refractivity contribution is 4.88. The molecule has 0 spiro atoms. The summed E-state index contributed by atoms with van der Waals surface area (Å²) in [6.07, 6.45) is 9.10. The van der Waals surface area contributed by atoms with E-state index in [1.807, 2.05) is 7.11 Å². The topological polar surface area (TPSA) is 9.23 Å². The Labute approximate surface area is 81.9 Å². The summed E-state index contributed by atoms with van der Waals surface area (Å²) in [5, 5.41) is 0. The fourth-order valence-corrected chi connectivity index (χ4v) is 3.61. The van der Waals surface area contributed by atoms with Crippen LogP contribution in [0.1, 0.15) is 45.4 Å². The van der Waals surface area contributed by atoms with Gasteiger partial charge < -0.3 is 4.74 Å². The second-order valence-corrected chi connectivity index (χ2v) is 4.95. The number of methoxy groups -OCH3 is 1. The maximum atomic E-state index is 5.63. The first-order valence-corrected chi connectivity index (χ1v) is 5.85. The summed E-state index contributed by atoms with van der Waals surface area (Å²) in [5.74, 6) is 2.78. The summed E-state index contributed by atoms with van der Waals surface area (Å²) in [6, 6.07) is 0. The molecule has 0 aromatic heterocycles. The second-order valence-electron chi connectivity index (χ2n) is 4.95. The van der Waals surface area contributed by atoms with E-state index in [1.165, 1.54) is 38.5 Å². The van der Waals surface area contributed by atoms with Gasteiger partial charge in [0, 0.05) is 7.11 Å². The lowest BCUT2D eigenvalue weighted by atomic mass is 9.65. The largest absolute Gasteiger partial charge is 0.381 e. The van der Waals surface area contributed by atoms with Crippen LogP contribution in [0.4, 0.5) is 0 Å². The minimum Gasteiger partial charge on any atom is -0.381 e. The van der Waals surface area contributed by atoms with Crippen molar-refractivity contribution in [2.75, 3.05) is 7.11 Å². The van der Waals surface area contributed by atoms with Gasteiger partial charge in [0.2, 0.25) is 0 Å². The Kier molecular flexibility index (Phi) is 2.92. The highest BCUT2D eigenvalue weighted by Gasteiger charge is 2.38. The molecule has 2 rings (SSSR count). The van der Waals surface area contributed by atoms with Crippen LogP contribution in [-0.4, -0.2) is 13.2 Å². The summed E-state index contributed by atoms with van der Waals surface area (Å²) in [7, 11) is 1.90. The quantitative estimate of drug-likeness (QED) is 0.605. The molecule has 0 saturated heterocycles. The average Bonchev–Trinajstić information content (AvgIpc) is 2.17. The number of fused-ring (bicyclic) bond motifs is 1. The molecule has 13 heavy (non-hydrogen) atoms. The lowest BCUT2D eigenvalue weighted by Crippen LogP contribution is -2.40. The lowest BCUT2D eigenvalue weighted by Gasteiger charge is -2.44. The molecule has 2 fully saturated rings. The van der Waals surface area contributed by atoms with Crippen molar-refractivity contribution < 1.29 is 4.74 Å². The van der Waals surface area contributed by atoms with Crippen molar-refractivity contribution in [2.45, 2.75) is 51.6 Å². The normalized spacial score (nSPS) is 45.7. The van der Waals surface area contributed by atoms with Crippen molar-refractivity contribution in [2.24, 2.45) is 17.8 Å². The molecule has 4 atom stereocenters.